The zero-order chi connectivity index (χ0) is 13.6. The van der Waals surface area contributed by atoms with Gasteiger partial charge in [-0.05, 0) is 37.5 Å². The SMILES string of the molecule is O=C(O)[C@H](CC1CC1)NS(=O)(=O)N1CC2CCC1C2. The zero-order valence-corrected chi connectivity index (χ0v) is 11.6. The van der Waals surface area contributed by atoms with Gasteiger partial charge in [0, 0.05) is 12.6 Å². The topological polar surface area (TPSA) is 86.7 Å². The van der Waals surface area contributed by atoms with Crippen LogP contribution in [0.1, 0.15) is 38.5 Å². The summed E-state index contributed by atoms with van der Waals surface area (Å²) in [6.07, 6.45) is 5.38. The van der Waals surface area contributed by atoms with Gasteiger partial charge in [-0.1, -0.05) is 12.8 Å². The van der Waals surface area contributed by atoms with Crippen molar-refractivity contribution in [1.29, 1.82) is 0 Å². The van der Waals surface area contributed by atoms with E-state index in [9.17, 15) is 13.2 Å². The van der Waals surface area contributed by atoms with E-state index in [0.717, 1.165) is 32.1 Å². The van der Waals surface area contributed by atoms with E-state index >= 15 is 0 Å². The van der Waals surface area contributed by atoms with Crippen molar-refractivity contribution in [2.45, 2.75) is 50.6 Å². The molecule has 2 N–H and O–H groups in total. The average molecular weight is 288 g/mol. The van der Waals surface area contributed by atoms with Gasteiger partial charge < -0.3 is 5.11 Å². The molecule has 3 atom stereocenters. The van der Waals surface area contributed by atoms with Gasteiger partial charge in [0.05, 0.1) is 0 Å². The number of nitrogens with zero attached hydrogens (tertiary/aromatic N) is 1. The Morgan fingerprint density at radius 1 is 1.32 bits per heavy atom. The number of hydrogen-bond donors (Lipinski definition) is 2. The molecule has 3 fully saturated rings. The number of hydrogen-bond acceptors (Lipinski definition) is 3. The van der Waals surface area contributed by atoms with E-state index in [2.05, 4.69) is 4.72 Å². The van der Waals surface area contributed by atoms with Gasteiger partial charge in [-0.15, -0.1) is 0 Å². The van der Waals surface area contributed by atoms with Gasteiger partial charge in [0.2, 0.25) is 0 Å². The van der Waals surface area contributed by atoms with Crippen LogP contribution in [0, 0.1) is 11.8 Å². The van der Waals surface area contributed by atoms with Gasteiger partial charge in [-0.2, -0.15) is 17.4 Å². The number of piperidine rings is 1. The van der Waals surface area contributed by atoms with Gasteiger partial charge in [0.25, 0.3) is 10.2 Å². The van der Waals surface area contributed by atoms with Crippen LogP contribution >= 0.6 is 0 Å². The van der Waals surface area contributed by atoms with Crippen molar-refractivity contribution < 1.29 is 18.3 Å². The largest absolute Gasteiger partial charge is 0.480 e. The van der Waals surface area contributed by atoms with Crippen LogP contribution in [0.3, 0.4) is 0 Å². The zero-order valence-electron chi connectivity index (χ0n) is 10.8. The molecule has 108 valence electrons. The molecule has 0 aromatic rings. The Hall–Kier alpha value is -0.660. The van der Waals surface area contributed by atoms with Crippen molar-refractivity contribution in [2.75, 3.05) is 6.54 Å². The standard InChI is InChI=1S/C12H20N2O4S/c15-12(16)11(6-8-1-2-8)13-19(17,18)14-7-9-3-4-10(14)5-9/h8-11,13H,1-7H2,(H,15,16)/t9?,10?,11-/m0/s1. The van der Waals surface area contributed by atoms with E-state index in [0.29, 0.717) is 24.8 Å². The van der Waals surface area contributed by atoms with Gasteiger partial charge in [-0.3, -0.25) is 4.79 Å². The van der Waals surface area contributed by atoms with Crippen molar-refractivity contribution >= 4 is 16.2 Å². The summed E-state index contributed by atoms with van der Waals surface area (Å²) in [7, 11) is -3.65. The Balaban J connectivity index is 1.67. The highest BCUT2D eigenvalue weighted by Crippen LogP contribution is 2.39. The fourth-order valence-electron chi connectivity index (χ4n) is 3.31. The maximum Gasteiger partial charge on any atom is 0.321 e. The van der Waals surface area contributed by atoms with E-state index in [4.69, 9.17) is 5.11 Å². The first-order valence-corrected chi connectivity index (χ1v) is 8.41. The third kappa shape index (κ3) is 2.78. The summed E-state index contributed by atoms with van der Waals surface area (Å²) in [6, 6.07) is -0.894. The maximum atomic E-state index is 12.3. The molecular formula is C12H20N2O4S. The van der Waals surface area contributed by atoms with Gasteiger partial charge in [0.1, 0.15) is 6.04 Å². The Morgan fingerprint density at radius 3 is 2.53 bits per heavy atom. The predicted octanol–water partition coefficient (Wildman–Crippen LogP) is 0.558. The molecule has 2 bridgehead atoms. The lowest BCUT2D eigenvalue weighted by Gasteiger charge is -2.27. The van der Waals surface area contributed by atoms with E-state index in [1.165, 1.54) is 4.31 Å². The molecule has 0 radical (unpaired) electrons. The van der Waals surface area contributed by atoms with Crippen LogP contribution < -0.4 is 4.72 Å². The normalized spacial score (nSPS) is 32.6. The molecule has 1 aliphatic heterocycles. The second kappa shape index (κ2) is 4.71. The molecular weight excluding hydrogens is 268 g/mol. The Morgan fingerprint density at radius 2 is 2.05 bits per heavy atom. The van der Waals surface area contributed by atoms with Crippen molar-refractivity contribution in [3.8, 4) is 0 Å². The fourth-order valence-corrected chi connectivity index (χ4v) is 4.99. The molecule has 0 amide bonds. The van der Waals surface area contributed by atoms with E-state index in [1.807, 2.05) is 0 Å². The van der Waals surface area contributed by atoms with Gasteiger partial charge >= 0.3 is 5.97 Å². The molecule has 6 nitrogen and oxygen atoms in total. The summed E-state index contributed by atoms with van der Waals surface area (Å²) >= 11 is 0. The first kappa shape index (κ1) is 13.3. The summed E-state index contributed by atoms with van der Waals surface area (Å²) in [4.78, 5) is 11.2. The molecule has 3 aliphatic rings. The van der Waals surface area contributed by atoms with Crippen LogP contribution in [-0.2, 0) is 15.0 Å². The number of aliphatic carboxylic acids is 1. The molecule has 0 spiro atoms. The third-order valence-electron chi connectivity index (χ3n) is 4.52. The van der Waals surface area contributed by atoms with Crippen LogP contribution in [0.2, 0.25) is 0 Å². The smallest absolute Gasteiger partial charge is 0.321 e. The van der Waals surface area contributed by atoms with Crippen molar-refractivity contribution in [3.63, 3.8) is 0 Å². The molecule has 7 heteroatoms. The highest BCUT2D eigenvalue weighted by molar-refractivity contribution is 7.87. The van der Waals surface area contributed by atoms with Gasteiger partial charge in [0.15, 0.2) is 0 Å². The summed E-state index contributed by atoms with van der Waals surface area (Å²) in [5.41, 5.74) is 0. The highest BCUT2D eigenvalue weighted by Gasteiger charge is 2.45. The third-order valence-corrected chi connectivity index (χ3v) is 6.17. The molecule has 3 rings (SSSR count). The van der Waals surface area contributed by atoms with Crippen LogP contribution in [0.25, 0.3) is 0 Å². The molecule has 2 saturated carbocycles. The number of fused-ring (bicyclic) bond motifs is 2. The molecule has 1 saturated heterocycles. The highest BCUT2D eigenvalue weighted by atomic mass is 32.2. The van der Waals surface area contributed by atoms with Crippen LogP contribution in [-0.4, -0.2) is 42.4 Å². The average Bonchev–Trinajstić information content (AvgIpc) is 2.89. The Bertz CT molecular complexity index is 474. The molecule has 1 heterocycles. The Labute approximate surface area is 113 Å². The minimum Gasteiger partial charge on any atom is -0.480 e. The lowest BCUT2D eigenvalue weighted by molar-refractivity contribution is -0.139. The van der Waals surface area contributed by atoms with Crippen LogP contribution in [0.5, 0.6) is 0 Å². The first-order chi connectivity index (χ1) is 8.95. The lowest BCUT2D eigenvalue weighted by atomic mass is 10.1. The van der Waals surface area contributed by atoms with E-state index < -0.39 is 22.2 Å². The summed E-state index contributed by atoms with van der Waals surface area (Å²) in [5.74, 6) is -0.230. The fraction of sp³-hybridized carbons (Fsp3) is 0.917. The molecule has 0 aromatic carbocycles. The lowest BCUT2D eigenvalue weighted by Crippen LogP contribution is -2.50. The molecule has 2 unspecified atom stereocenters. The van der Waals surface area contributed by atoms with Crippen molar-refractivity contribution in [1.82, 2.24) is 9.03 Å². The summed E-state index contributed by atoms with van der Waals surface area (Å²) in [6.45, 7) is 0.551. The first-order valence-electron chi connectivity index (χ1n) is 6.97. The molecule has 19 heavy (non-hydrogen) atoms. The molecule has 0 aromatic heterocycles. The number of carboxylic acid groups (broad SMARTS) is 1. The van der Waals surface area contributed by atoms with Gasteiger partial charge in [-0.25, -0.2) is 0 Å². The molecule has 2 aliphatic carbocycles. The minimum atomic E-state index is -3.65. The van der Waals surface area contributed by atoms with Crippen molar-refractivity contribution in [2.24, 2.45) is 11.8 Å². The van der Waals surface area contributed by atoms with E-state index in [-0.39, 0.29) is 6.04 Å². The number of rotatable bonds is 6. The number of carbonyl (C=O) groups is 1. The minimum absolute atomic E-state index is 0.0814. The second-order valence-corrected chi connectivity index (χ2v) is 7.75. The van der Waals surface area contributed by atoms with E-state index in [1.54, 1.807) is 0 Å². The summed E-state index contributed by atoms with van der Waals surface area (Å²) in [5, 5.41) is 9.14. The second-order valence-electron chi connectivity index (χ2n) is 6.10. The van der Waals surface area contributed by atoms with Crippen molar-refractivity contribution in [3.05, 3.63) is 0 Å². The maximum absolute atomic E-state index is 12.3. The van der Waals surface area contributed by atoms with Crippen LogP contribution in [0.4, 0.5) is 0 Å². The Kier molecular flexibility index (Phi) is 3.31. The quantitative estimate of drug-likeness (QED) is 0.747. The number of nitrogens with one attached hydrogen (secondary N) is 1. The van der Waals surface area contributed by atoms with Crippen LogP contribution in [0.15, 0.2) is 0 Å². The monoisotopic (exact) mass is 288 g/mol. The summed E-state index contributed by atoms with van der Waals surface area (Å²) < 4.78 is 28.4. The predicted molar refractivity (Wildman–Crippen MR) is 68.7 cm³/mol. The number of carboxylic acids is 1.